The molecule has 1 aromatic heterocycles. The van der Waals surface area contributed by atoms with Crippen LogP contribution in [0.3, 0.4) is 0 Å². The molecule has 4 rings (SSSR count). The van der Waals surface area contributed by atoms with E-state index >= 15 is 0 Å². The minimum Gasteiger partial charge on any atom is -0.480 e. The van der Waals surface area contributed by atoms with Crippen molar-refractivity contribution in [1.82, 2.24) is 9.88 Å². The molecule has 1 saturated heterocycles. The maximum absolute atomic E-state index is 12.9. The molecule has 1 fully saturated rings. The molecule has 142 valence electrons. The van der Waals surface area contributed by atoms with E-state index in [-0.39, 0.29) is 5.91 Å². The van der Waals surface area contributed by atoms with E-state index in [9.17, 15) is 4.79 Å². The van der Waals surface area contributed by atoms with Crippen molar-refractivity contribution in [3.8, 4) is 5.75 Å². The fourth-order valence-corrected chi connectivity index (χ4v) is 3.62. The molecule has 3 aromatic rings. The number of hydrogen-bond acceptors (Lipinski definition) is 3. The minimum absolute atomic E-state index is 0.0413. The van der Waals surface area contributed by atoms with Crippen molar-refractivity contribution in [3.63, 3.8) is 0 Å². The van der Waals surface area contributed by atoms with Gasteiger partial charge in [-0.3, -0.25) is 9.78 Å². The highest BCUT2D eigenvalue weighted by Gasteiger charge is 2.25. The van der Waals surface area contributed by atoms with Crippen LogP contribution in [0.4, 0.5) is 0 Å². The molecule has 1 amide bonds. The largest absolute Gasteiger partial charge is 0.480 e. The first-order chi connectivity index (χ1) is 13.7. The van der Waals surface area contributed by atoms with Gasteiger partial charge >= 0.3 is 0 Å². The summed E-state index contributed by atoms with van der Waals surface area (Å²) >= 11 is 0. The van der Waals surface area contributed by atoms with Crippen LogP contribution >= 0.6 is 0 Å². The van der Waals surface area contributed by atoms with Gasteiger partial charge in [-0.15, -0.1) is 0 Å². The average molecular weight is 372 g/mol. The first-order valence-corrected chi connectivity index (χ1v) is 9.74. The molecule has 0 spiro atoms. The molecule has 0 saturated carbocycles. The van der Waals surface area contributed by atoms with Crippen molar-refractivity contribution in [1.29, 1.82) is 0 Å². The smallest absolute Gasteiger partial charge is 0.263 e. The van der Waals surface area contributed by atoms with Gasteiger partial charge in [0.1, 0.15) is 5.75 Å². The summed E-state index contributed by atoms with van der Waals surface area (Å²) in [4.78, 5) is 19.1. The van der Waals surface area contributed by atoms with Crippen molar-refractivity contribution in [2.75, 3.05) is 13.1 Å². The Balaban J connectivity index is 1.39. The second kappa shape index (κ2) is 8.26. The van der Waals surface area contributed by atoms with E-state index in [4.69, 9.17) is 4.74 Å². The Morgan fingerprint density at radius 2 is 1.82 bits per heavy atom. The fourth-order valence-electron chi connectivity index (χ4n) is 3.62. The molecule has 0 radical (unpaired) electrons. The first kappa shape index (κ1) is 18.2. The van der Waals surface area contributed by atoms with Crippen LogP contribution in [0.15, 0.2) is 72.4 Å². The van der Waals surface area contributed by atoms with Gasteiger partial charge in [0, 0.05) is 24.7 Å². The second-order valence-corrected chi connectivity index (χ2v) is 7.12. The lowest BCUT2D eigenvalue weighted by Crippen LogP contribution is -2.43. The number of piperidine rings is 1. The monoisotopic (exact) mass is 372 g/mol. The lowest BCUT2D eigenvalue weighted by Gasteiger charge is -2.31. The zero-order chi connectivity index (χ0) is 19.3. The number of hydrogen-bond donors (Lipinski definition) is 0. The van der Waals surface area contributed by atoms with Gasteiger partial charge in [0.15, 0.2) is 6.10 Å². The Kier molecular flexibility index (Phi) is 5.38. The van der Waals surface area contributed by atoms with E-state index in [0.717, 1.165) is 36.8 Å². The van der Waals surface area contributed by atoms with Crippen LogP contribution < -0.4 is 4.74 Å². The maximum atomic E-state index is 12.9. The number of benzene rings is 2. The highest BCUT2D eigenvalue weighted by molar-refractivity contribution is 5.86. The summed E-state index contributed by atoms with van der Waals surface area (Å²) in [6.07, 6.45) is 5.29. The molecule has 2 heterocycles. The van der Waals surface area contributed by atoms with Gasteiger partial charge in [0.05, 0.1) is 5.52 Å². The molecule has 1 aliphatic rings. The van der Waals surface area contributed by atoms with Crippen molar-refractivity contribution >= 4 is 22.9 Å². The van der Waals surface area contributed by atoms with Gasteiger partial charge in [-0.2, -0.15) is 0 Å². The SMILES string of the molecule is CC(Oc1cccc2ncccc12)C(=O)N1CCC(=Cc2ccccc2)CC1. The molecule has 1 aliphatic heterocycles. The molecule has 0 aliphatic carbocycles. The minimum atomic E-state index is -0.523. The van der Waals surface area contributed by atoms with Crippen LogP contribution in [0.1, 0.15) is 25.3 Å². The molecular formula is C24H24N2O2. The topological polar surface area (TPSA) is 42.4 Å². The second-order valence-electron chi connectivity index (χ2n) is 7.12. The normalized spacial score (nSPS) is 15.3. The number of ether oxygens (including phenoxy) is 1. The lowest BCUT2D eigenvalue weighted by molar-refractivity contribution is -0.138. The molecule has 0 bridgehead atoms. The van der Waals surface area contributed by atoms with Crippen LogP contribution in [-0.2, 0) is 4.79 Å². The number of carbonyl (C=O) groups is 1. The molecular weight excluding hydrogens is 348 g/mol. The highest BCUT2D eigenvalue weighted by atomic mass is 16.5. The number of likely N-dealkylation sites (tertiary alicyclic amines) is 1. The molecule has 2 aromatic carbocycles. The van der Waals surface area contributed by atoms with Gasteiger partial charge in [-0.05, 0) is 49.6 Å². The molecule has 0 N–H and O–H groups in total. The van der Waals surface area contributed by atoms with Gasteiger partial charge in [0.2, 0.25) is 0 Å². The maximum Gasteiger partial charge on any atom is 0.263 e. The number of amides is 1. The van der Waals surface area contributed by atoms with E-state index in [2.05, 4.69) is 23.2 Å². The quantitative estimate of drug-likeness (QED) is 0.666. The van der Waals surface area contributed by atoms with Crippen LogP contribution in [0.2, 0.25) is 0 Å². The Hall–Kier alpha value is -3.14. The Bertz CT molecular complexity index is 982. The number of carbonyl (C=O) groups excluding carboxylic acids is 1. The summed E-state index contributed by atoms with van der Waals surface area (Å²) < 4.78 is 6.02. The number of rotatable bonds is 4. The Labute approximate surface area is 165 Å². The number of nitrogens with zero attached hydrogens (tertiary/aromatic N) is 2. The predicted octanol–water partition coefficient (Wildman–Crippen LogP) is 4.71. The summed E-state index contributed by atoms with van der Waals surface area (Å²) in [5.41, 5.74) is 3.48. The van der Waals surface area contributed by atoms with Crippen LogP contribution in [0.25, 0.3) is 17.0 Å². The molecule has 4 heteroatoms. The lowest BCUT2D eigenvalue weighted by atomic mass is 10.0. The van der Waals surface area contributed by atoms with Crippen LogP contribution in [-0.4, -0.2) is 35.0 Å². The summed E-state index contributed by atoms with van der Waals surface area (Å²) in [6, 6.07) is 19.9. The standard InChI is InChI=1S/C24H24N2O2/c1-18(28-23-11-5-10-22-21(23)9-6-14-25-22)24(27)26-15-12-20(13-16-26)17-19-7-3-2-4-8-19/h2-11,14,17-18H,12-13,15-16H2,1H3. The average Bonchev–Trinajstić information content (AvgIpc) is 2.75. The summed E-state index contributed by atoms with van der Waals surface area (Å²) in [6.45, 7) is 3.30. The van der Waals surface area contributed by atoms with E-state index in [1.807, 2.05) is 60.4 Å². The van der Waals surface area contributed by atoms with Gasteiger partial charge in [0.25, 0.3) is 5.91 Å². The third-order valence-electron chi connectivity index (χ3n) is 5.14. The third kappa shape index (κ3) is 4.06. The zero-order valence-corrected chi connectivity index (χ0v) is 16.0. The molecule has 28 heavy (non-hydrogen) atoms. The zero-order valence-electron chi connectivity index (χ0n) is 16.0. The summed E-state index contributed by atoms with van der Waals surface area (Å²) in [5.74, 6) is 0.743. The first-order valence-electron chi connectivity index (χ1n) is 9.74. The Morgan fingerprint density at radius 1 is 1.04 bits per heavy atom. The van der Waals surface area contributed by atoms with Gasteiger partial charge in [-0.1, -0.05) is 48.0 Å². The van der Waals surface area contributed by atoms with Crippen molar-refractivity contribution in [2.24, 2.45) is 0 Å². The number of pyridine rings is 1. The number of aromatic nitrogens is 1. The molecule has 4 nitrogen and oxygen atoms in total. The van der Waals surface area contributed by atoms with E-state index in [1.54, 1.807) is 6.20 Å². The van der Waals surface area contributed by atoms with Crippen LogP contribution in [0.5, 0.6) is 5.75 Å². The van der Waals surface area contributed by atoms with Gasteiger partial charge in [-0.25, -0.2) is 0 Å². The summed E-state index contributed by atoms with van der Waals surface area (Å²) in [5, 5.41) is 0.927. The fraction of sp³-hybridized carbons (Fsp3) is 0.250. The van der Waals surface area contributed by atoms with Crippen molar-refractivity contribution in [2.45, 2.75) is 25.9 Å². The van der Waals surface area contributed by atoms with E-state index in [1.165, 1.54) is 11.1 Å². The summed E-state index contributed by atoms with van der Waals surface area (Å²) in [7, 11) is 0. The predicted molar refractivity (Wildman–Crippen MR) is 112 cm³/mol. The van der Waals surface area contributed by atoms with Crippen molar-refractivity contribution < 1.29 is 9.53 Å². The van der Waals surface area contributed by atoms with Crippen molar-refractivity contribution in [3.05, 3.63) is 78.0 Å². The van der Waals surface area contributed by atoms with E-state index < -0.39 is 6.10 Å². The molecule has 1 unspecified atom stereocenters. The van der Waals surface area contributed by atoms with Gasteiger partial charge < -0.3 is 9.64 Å². The van der Waals surface area contributed by atoms with E-state index in [0.29, 0.717) is 5.75 Å². The number of fused-ring (bicyclic) bond motifs is 1. The Morgan fingerprint density at radius 3 is 2.61 bits per heavy atom. The highest BCUT2D eigenvalue weighted by Crippen LogP contribution is 2.26. The molecule has 1 atom stereocenters. The van der Waals surface area contributed by atoms with Crippen LogP contribution in [0, 0.1) is 0 Å². The third-order valence-corrected chi connectivity index (χ3v) is 5.14.